The van der Waals surface area contributed by atoms with Crippen molar-refractivity contribution in [3.05, 3.63) is 34.6 Å². The molecule has 2 heterocycles. The van der Waals surface area contributed by atoms with Crippen LogP contribution in [-0.2, 0) is 32.5 Å². The first-order valence-electron chi connectivity index (χ1n) is 11.8. The highest BCUT2D eigenvalue weighted by Gasteiger charge is 2.34. The van der Waals surface area contributed by atoms with Crippen LogP contribution < -0.4 is 11.4 Å². The Labute approximate surface area is 230 Å². The standard InChI is InChI=1S/C23H36N3O9PS2/c1-22(2,3)19(28)37-11-9-32-36(31,33-10-12-38-20(29)23(4,5)6)34-14-15-13-16(27)18(35-15)26-8-7-17(24)25-21(26)30/h7-8,13,16,18,27H,9-12,14H2,1-6H3,(H2,24,25,30)/t16-,18-/m1/s1. The van der Waals surface area contributed by atoms with Gasteiger partial charge in [0.15, 0.2) is 10.2 Å². The molecule has 214 valence electrons. The highest BCUT2D eigenvalue weighted by Crippen LogP contribution is 2.50. The summed E-state index contributed by atoms with van der Waals surface area (Å²) in [5.41, 5.74) is 3.71. The summed E-state index contributed by atoms with van der Waals surface area (Å²) in [6, 6.07) is 1.38. The topological polar surface area (TPSA) is 169 Å². The molecule has 15 heteroatoms. The second kappa shape index (κ2) is 13.6. The van der Waals surface area contributed by atoms with Gasteiger partial charge in [0.1, 0.15) is 24.3 Å². The number of ether oxygens (including phenoxy) is 1. The SMILES string of the molecule is CC(C)(C)C(=O)SCCOP(=O)(OCCSC(=O)C(C)(C)C)OCC1=C[C@@H](O)[C@H](n2ccc(N)nc2=O)O1. The van der Waals surface area contributed by atoms with E-state index in [1.54, 1.807) is 41.5 Å². The summed E-state index contributed by atoms with van der Waals surface area (Å²) < 4.78 is 36.2. The van der Waals surface area contributed by atoms with Crippen LogP contribution in [0.15, 0.2) is 28.9 Å². The van der Waals surface area contributed by atoms with E-state index >= 15 is 0 Å². The van der Waals surface area contributed by atoms with Crippen LogP contribution in [0.4, 0.5) is 5.82 Å². The second-order valence-corrected chi connectivity index (χ2v) is 14.1. The molecule has 2 rings (SSSR count). The first-order valence-corrected chi connectivity index (χ1v) is 15.2. The number of thioether (sulfide) groups is 2. The Morgan fingerprint density at radius 1 is 1.08 bits per heavy atom. The van der Waals surface area contributed by atoms with Crippen molar-refractivity contribution in [1.29, 1.82) is 0 Å². The molecule has 1 aromatic rings. The van der Waals surface area contributed by atoms with E-state index in [1.165, 1.54) is 18.3 Å². The fourth-order valence-corrected chi connectivity index (χ4v) is 5.67. The van der Waals surface area contributed by atoms with E-state index in [1.807, 2.05) is 0 Å². The summed E-state index contributed by atoms with van der Waals surface area (Å²) in [6.45, 7) is 10.2. The van der Waals surface area contributed by atoms with Gasteiger partial charge in [0.25, 0.3) is 0 Å². The molecule has 0 aliphatic carbocycles. The van der Waals surface area contributed by atoms with Gasteiger partial charge in [-0.1, -0.05) is 65.1 Å². The predicted octanol–water partition coefficient (Wildman–Crippen LogP) is 3.37. The van der Waals surface area contributed by atoms with E-state index < -0.39 is 43.3 Å². The quantitative estimate of drug-likeness (QED) is 0.267. The third-order valence-corrected chi connectivity index (χ3v) is 8.70. The maximum atomic E-state index is 13.3. The van der Waals surface area contributed by atoms with E-state index in [-0.39, 0.29) is 46.5 Å². The molecule has 0 saturated heterocycles. The average Bonchev–Trinajstić information content (AvgIpc) is 3.17. The number of aliphatic hydroxyl groups excluding tert-OH is 1. The van der Waals surface area contributed by atoms with E-state index in [0.717, 1.165) is 28.1 Å². The maximum Gasteiger partial charge on any atom is 0.475 e. The number of nitrogen functional groups attached to an aromatic ring is 1. The van der Waals surface area contributed by atoms with Crippen LogP contribution in [-0.4, -0.2) is 62.3 Å². The van der Waals surface area contributed by atoms with Crippen molar-refractivity contribution in [2.45, 2.75) is 53.9 Å². The summed E-state index contributed by atoms with van der Waals surface area (Å²) in [4.78, 5) is 40.0. The Kier molecular flexibility index (Phi) is 11.6. The van der Waals surface area contributed by atoms with Crippen LogP contribution in [0.1, 0.15) is 47.8 Å². The number of nitrogens with two attached hydrogens (primary N) is 1. The molecule has 0 aromatic carbocycles. The molecule has 0 unspecified atom stereocenters. The fourth-order valence-electron chi connectivity index (χ4n) is 2.71. The largest absolute Gasteiger partial charge is 0.475 e. The third-order valence-electron chi connectivity index (χ3n) is 4.77. The van der Waals surface area contributed by atoms with Crippen LogP contribution in [0.25, 0.3) is 0 Å². The summed E-state index contributed by atoms with van der Waals surface area (Å²) in [5, 5.41) is 10.2. The first-order chi connectivity index (χ1) is 17.5. The van der Waals surface area contributed by atoms with Crippen molar-refractivity contribution >= 4 is 47.4 Å². The number of rotatable bonds is 12. The normalized spacial score (nSPS) is 18.2. The van der Waals surface area contributed by atoms with Crippen molar-refractivity contribution in [2.24, 2.45) is 10.8 Å². The van der Waals surface area contributed by atoms with Crippen molar-refractivity contribution in [2.75, 3.05) is 37.1 Å². The number of phosphoric acid groups is 1. The lowest BCUT2D eigenvalue weighted by atomic mass is 9.99. The van der Waals surface area contributed by atoms with Gasteiger partial charge in [-0.25, -0.2) is 9.36 Å². The second-order valence-electron chi connectivity index (χ2n) is 10.3. The number of aromatic nitrogens is 2. The number of hydrogen-bond donors (Lipinski definition) is 2. The van der Waals surface area contributed by atoms with Crippen LogP contribution in [0.2, 0.25) is 0 Å². The van der Waals surface area contributed by atoms with Crippen LogP contribution in [0.5, 0.6) is 0 Å². The number of carbonyl (C=O) groups is 2. The van der Waals surface area contributed by atoms with Crippen molar-refractivity contribution in [1.82, 2.24) is 9.55 Å². The van der Waals surface area contributed by atoms with E-state index in [0.29, 0.717) is 0 Å². The smallest absolute Gasteiger partial charge is 0.469 e. The van der Waals surface area contributed by atoms with Crippen molar-refractivity contribution in [3.63, 3.8) is 0 Å². The summed E-state index contributed by atoms with van der Waals surface area (Å²) in [6.07, 6.45) is 0.307. The number of phosphoric ester groups is 1. The zero-order valence-corrected chi connectivity index (χ0v) is 24.9. The molecular weight excluding hydrogens is 557 g/mol. The van der Waals surface area contributed by atoms with Crippen molar-refractivity contribution < 1.29 is 37.6 Å². The highest BCUT2D eigenvalue weighted by molar-refractivity contribution is 8.14. The highest BCUT2D eigenvalue weighted by atomic mass is 32.2. The zero-order chi connectivity index (χ0) is 28.7. The Balaban J connectivity index is 1.99. The molecule has 0 saturated carbocycles. The van der Waals surface area contributed by atoms with Crippen molar-refractivity contribution in [3.8, 4) is 0 Å². The Morgan fingerprint density at radius 3 is 2.08 bits per heavy atom. The van der Waals surface area contributed by atoms with E-state index in [9.17, 15) is 24.1 Å². The van der Waals surface area contributed by atoms with Gasteiger partial charge in [0.05, 0.1) is 13.2 Å². The Bertz CT molecular complexity index is 1090. The number of aliphatic hydroxyl groups is 1. The summed E-state index contributed by atoms with van der Waals surface area (Å²) in [5.74, 6) is 0.553. The van der Waals surface area contributed by atoms with E-state index in [2.05, 4.69) is 4.98 Å². The molecule has 0 bridgehead atoms. The average molecular weight is 594 g/mol. The lowest BCUT2D eigenvalue weighted by Gasteiger charge is -2.21. The Hall–Kier alpha value is -1.67. The van der Waals surface area contributed by atoms with Crippen LogP contribution >= 0.6 is 31.3 Å². The maximum absolute atomic E-state index is 13.3. The number of carbonyl (C=O) groups excluding carboxylic acids is 2. The molecule has 12 nitrogen and oxygen atoms in total. The molecule has 0 amide bonds. The minimum absolute atomic E-state index is 0.0233. The molecule has 3 N–H and O–H groups in total. The number of nitrogens with zero attached hydrogens (tertiary/aromatic N) is 2. The van der Waals surface area contributed by atoms with Gasteiger partial charge in [-0.05, 0) is 12.1 Å². The summed E-state index contributed by atoms with van der Waals surface area (Å²) >= 11 is 2.08. The minimum Gasteiger partial charge on any atom is -0.469 e. The van der Waals surface area contributed by atoms with Gasteiger partial charge in [-0.3, -0.25) is 27.7 Å². The molecule has 0 spiro atoms. The van der Waals surface area contributed by atoms with Crippen LogP contribution in [0.3, 0.4) is 0 Å². The van der Waals surface area contributed by atoms with E-state index in [4.69, 9.17) is 24.0 Å². The fraction of sp³-hybridized carbons (Fsp3) is 0.652. The number of anilines is 1. The molecule has 1 aliphatic heterocycles. The zero-order valence-electron chi connectivity index (χ0n) is 22.4. The molecule has 0 radical (unpaired) electrons. The van der Waals surface area contributed by atoms with Gasteiger partial charge in [0.2, 0.25) is 6.23 Å². The molecular formula is C23H36N3O9PS2. The molecule has 0 fully saturated rings. The lowest BCUT2D eigenvalue weighted by molar-refractivity contribution is -0.118. The van der Waals surface area contributed by atoms with Gasteiger partial charge in [-0.15, -0.1) is 0 Å². The van der Waals surface area contributed by atoms with Gasteiger partial charge in [0, 0.05) is 28.5 Å². The van der Waals surface area contributed by atoms with Gasteiger partial charge in [-0.2, -0.15) is 4.98 Å². The van der Waals surface area contributed by atoms with Gasteiger partial charge >= 0.3 is 13.5 Å². The molecule has 1 aromatic heterocycles. The molecule has 1 aliphatic rings. The summed E-state index contributed by atoms with van der Waals surface area (Å²) in [7, 11) is -4.15. The lowest BCUT2D eigenvalue weighted by Crippen LogP contribution is -2.32. The van der Waals surface area contributed by atoms with Crippen LogP contribution in [0, 0.1) is 10.8 Å². The number of hydrogen-bond acceptors (Lipinski definition) is 13. The minimum atomic E-state index is -4.15. The first kappa shape index (κ1) is 32.5. The molecule has 2 atom stereocenters. The predicted molar refractivity (Wildman–Crippen MR) is 146 cm³/mol. The monoisotopic (exact) mass is 593 g/mol. The third kappa shape index (κ3) is 10.1. The van der Waals surface area contributed by atoms with Gasteiger partial charge < -0.3 is 15.6 Å². The Morgan fingerprint density at radius 2 is 1.61 bits per heavy atom. The molecule has 38 heavy (non-hydrogen) atoms.